The fourth-order valence-corrected chi connectivity index (χ4v) is 0.935. The second-order valence-corrected chi connectivity index (χ2v) is 2.86. The number of nitrogens with one attached hydrogen (secondary N) is 2. The van der Waals surface area contributed by atoms with Gasteiger partial charge in [0, 0.05) is 17.5 Å². The fraction of sp³-hybridized carbons (Fsp3) is 0.889. The van der Waals surface area contributed by atoms with E-state index in [1.54, 1.807) is 0 Å². The minimum Gasteiger partial charge on any atom is -0.356 e. The Morgan fingerprint density at radius 3 is 2.47 bits per heavy atom. The van der Waals surface area contributed by atoms with Gasteiger partial charge in [0.25, 0.3) is 0 Å². The number of nitrogens with two attached hydrogens (primary N) is 1. The van der Waals surface area contributed by atoms with E-state index in [4.69, 9.17) is 9.85 Å². The Labute approximate surface area is 109 Å². The van der Waals surface area contributed by atoms with Gasteiger partial charge in [-0.3, -0.25) is 4.79 Å². The summed E-state index contributed by atoms with van der Waals surface area (Å²) in [6.07, 6.45) is 2.77. The molecule has 0 unspecified atom stereocenters. The minimum absolute atomic E-state index is 0. The standard InChI is InChI=1S/C9H21N3O.2ClH/c1-9(13)12-8-4-7-11-6-3-2-5-10;;/h11H,2-8,10H2,1H3,(H,12,13);2*1H/i1D3;;. The number of carbonyl (C=O) groups is 1. The molecule has 15 heavy (non-hydrogen) atoms. The average molecular weight is 263 g/mol. The normalized spacial score (nSPS) is 12.5. The van der Waals surface area contributed by atoms with E-state index in [2.05, 4.69) is 10.6 Å². The Kier molecular flexibility index (Phi) is 14.3. The van der Waals surface area contributed by atoms with E-state index < -0.39 is 12.8 Å². The smallest absolute Gasteiger partial charge is 0.216 e. The third kappa shape index (κ3) is 20.1. The van der Waals surface area contributed by atoms with Gasteiger partial charge < -0.3 is 16.4 Å². The second-order valence-electron chi connectivity index (χ2n) is 2.86. The van der Waals surface area contributed by atoms with Crippen molar-refractivity contribution in [3.8, 4) is 0 Å². The molecule has 0 heterocycles. The van der Waals surface area contributed by atoms with Gasteiger partial charge in [-0.25, -0.2) is 0 Å². The second kappa shape index (κ2) is 16.4. The number of carbonyl (C=O) groups excluding carboxylic acids is 1. The summed E-state index contributed by atoms with van der Waals surface area (Å²) < 4.78 is 20.5. The first kappa shape index (κ1) is 13.0. The van der Waals surface area contributed by atoms with E-state index >= 15 is 0 Å². The molecule has 94 valence electrons. The first-order chi connectivity index (χ1) is 7.48. The zero-order valence-corrected chi connectivity index (χ0v) is 10.4. The molecule has 0 bridgehead atoms. The van der Waals surface area contributed by atoms with E-state index in [1.165, 1.54) is 0 Å². The van der Waals surface area contributed by atoms with Crippen LogP contribution < -0.4 is 16.4 Å². The van der Waals surface area contributed by atoms with Crippen LogP contribution in [0.3, 0.4) is 0 Å². The summed E-state index contributed by atoms with van der Waals surface area (Å²) in [6.45, 7) is 0.238. The highest BCUT2D eigenvalue weighted by Crippen LogP contribution is 1.82. The molecule has 0 spiro atoms. The molecule has 0 atom stereocenters. The SMILES string of the molecule is Cl.Cl.[2H]C([2H])([2H])C(=O)NCCCNCCCCN. The summed E-state index contributed by atoms with van der Waals surface area (Å²) in [5, 5.41) is 5.55. The lowest BCUT2D eigenvalue weighted by atomic mass is 10.3. The van der Waals surface area contributed by atoms with Crippen LogP contribution in [0.15, 0.2) is 0 Å². The monoisotopic (exact) mass is 262 g/mol. The van der Waals surface area contributed by atoms with Crippen molar-refractivity contribution in [2.75, 3.05) is 26.2 Å². The maximum absolute atomic E-state index is 10.9. The molecule has 0 aromatic rings. The molecule has 0 aromatic carbocycles. The van der Waals surface area contributed by atoms with E-state index in [0.717, 1.165) is 32.4 Å². The van der Waals surface area contributed by atoms with Crippen LogP contribution in [0.2, 0.25) is 0 Å². The average Bonchev–Trinajstić information content (AvgIpc) is 2.20. The summed E-state index contributed by atoms with van der Waals surface area (Å²) in [4.78, 5) is 10.9. The highest BCUT2D eigenvalue weighted by molar-refractivity contribution is 5.85. The molecular formula is C9H23Cl2N3O. The summed E-state index contributed by atoms with van der Waals surface area (Å²) >= 11 is 0. The molecule has 0 saturated heterocycles. The zero-order valence-electron chi connectivity index (χ0n) is 11.8. The van der Waals surface area contributed by atoms with Gasteiger partial charge in [-0.05, 0) is 38.9 Å². The van der Waals surface area contributed by atoms with Crippen molar-refractivity contribution in [3.63, 3.8) is 0 Å². The molecule has 0 aromatic heterocycles. The zero-order chi connectivity index (χ0) is 12.4. The van der Waals surface area contributed by atoms with Gasteiger partial charge in [0.1, 0.15) is 0 Å². The lowest BCUT2D eigenvalue weighted by Crippen LogP contribution is -2.25. The Balaban J connectivity index is -0.00000112. The molecule has 6 heteroatoms. The van der Waals surface area contributed by atoms with Crippen LogP contribution in [-0.4, -0.2) is 32.1 Å². The van der Waals surface area contributed by atoms with Crippen molar-refractivity contribution >= 4 is 30.7 Å². The highest BCUT2D eigenvalue weighted by atomic mass is 35.5. The molecular weight excluding hydrogens is 237 g/mol. The third-order valence-corrected chi connectivity index (χ3v) is 1.62. The molecule has 4 nitrogen and oxygen atoms in total. The van der Waals surface area contributed by atoms with Crippen molar-refractivity contribution in [2.45, 2.75) is 26.1 Å². The molecule has 0 aliphatic heterocycles. The van der Waals surface area contributed by atoms with E-state index in [1.807, 2.05) is 0 Å². The largest absolute Gasteiger partial charge is 0.356 e. The predicted octanol–water partition coefficient (Wildman–Crippen LogP) is 0.685. The molecule has 0 aliphatic rings. The van der Waals surface area contributed by atoms with Crippen LogP contribution in [0.5, 0.6) is 0 Å². The fourth-order valence-electron chi connectivity index (χ4n) is 0.935. The van der Waals surface area contributed by atoms with Gasteiger partial charge in [0.15, 0.2) is 0 Å². The molecule has 0 fully saturated rings. The molecule has 0 aliphatic carbocycles. The van der Waals surface area contributed by atoms with Gasteiger partial charge in [0.2, 0.25) is 5.91 Å². The lowest BCUT2D eigenvalue weighted by molar-refractivity contribution is -0.118. The predicted molar refractivity (Wildman–Crippen MR) is 69.0 cm³/mol. The Morgan fingerprint density at radius 2 is 1.87 bits per heavy atom. The molecule has 0 rings (SSSR count). The summed E-state index contributed by atoms with van der Waals surface area (Å²) in [5.74, 6) is -0.879. The topological polar surface area (TPSA) is 67.2 Å². The lowest BCUT2D eigenvalue weighted by Gasteiger charge is -2.04. The Bertz CT molecular complexity index is 206. The number of rotatable bonds is 8. The van der Waals surface area contributed by atoms with Gasteiger partial charge in [0.05, 0.1) is 0 Å². The molecule has 0 radical (unpaired) electrons. The van der Waals surface area contributed by atoms with Crippen LogP contribution in [0, 0.1) is 0 Å². The van der Waals surface area contributed by atoms with Gasteiger partial charge >= 0.3 is 0 Å². The third-order valence-electron chi connectivity index (χ3n) is 1.62. The van der Waals surface area contributed by atoms with Crippen molar-refractivity contribution in [1.82, 2.24) is 10.6 Å². The summed E-state index contributed by atoms with van der Waals surface area (Å²) in [5.41, 5.74) is 5.34. The van der Waals surface area contributed by atoms with Gasteiger partial charge in [-0.2, -0.15) is 0 Å². The Morgan fingerprint density at radius 1 is 1.20 bits per heavy atom. The molecule has 4 N–H and O–H groups in total. The minimum atomic E-state index is -2.53. The molecule has 1 amide bonds. The highest BCUT2D eigenvalue weighted by Gasteiger charge is 1.90. The number of amides is 1. The van der Waals surface area contributed by atoms with Gasteiger partial charge in [-0.15, -0.1) is 24.8 Å². The Hall–Kier alpha value is -0.0300. The van der Waals surface area contributed by atoms with E-state index in [9.17, 15) is 4.79 Å². The van der Waals surface area contributed by atoms with Crippen molar-refractivity contribution < 1.29 is 8.91 Å². The van der Waals surface area contributed by atoms with Crippen molar-refractivity contribution in [2.24, 2.45) is 5.73 Å². The number of halogens is 2. The molecule has 0 saturated carbocycles. The van der Waals surface area contributed by atoms with E-state index in [-0.39, 0.29) is 24.8 Å². The maximum atomic E-state index is 10.9. The first-order valence-corrected chi connectivity index (χ1v) is 4.67. The van der Waals surface area contributed by atoms with Crippen LogP contribution in [0.4, 0.5) is 0 Å². The van der Waals surface area contributed by atoms with Crippen LogP contribution in [0.1, 0.15) is 30.2 Å². The number of hydrogen-bond donors (Lipinski definition) is 3. The summed E-state index contributed by atoms with van der Waals surface area (Å²) in [7, 11) is 0. The van der Waals surface area contributed by atoms with Crippen LogP contribution >= 0.6 is 24.8 Å². The van der Waals surface area contributed by atoms with Crippen molar-refractivity contribution in [1.29, 1.82) is 0 Å². The quantitative estimate of drug-likeness (QED) is 0.564. The van der Waals surface area contributed by atoms with Crippen molar-refractivity contribution in [3.05, 3.63) is 0 Å². The maximum Gasteiger partial charge on any atom is 0.216 e. The summed E-state index contributed by atoms with van der Waals surface area (Å²) in [6, 6.07) is 0. The number of hydrogen-bond acceptors (Lipinski definition) is 3. The van der Waals surface area contributed by atoms with Gasteiger partial charge in [-0.1, -0.05) is 0 Å². The van der Waals surface area contributed by atoms with E-state index in [0.29, 0.717) is 13.1 Å². The van der Waals surface area contributed by atoms with Crippen LogP contribution in [-0.2, 0) is 4.79 Å². The van der Waals surface area contributed by atoms with Crippen LogP contribution in [0.25, 0.3) is 0 Å². The first-order valence-electron chi connectivity index (χ1n) is 6.17. The number of unbranched alkanes of at least 4 members (excludes halogenated alkanes) is 1.